The van der Waals surface area contributed by atoms with E-state index in [1.165, 1.54) is 6.42 Å². The van der Waals surface area contributed by atoms with Crippen molar-refractivity contribution in [2.45, 2.75) is 77.1 Å². The van der Waals surface area contributed by atoms with E-state index in [4.69, 9.17) is 0 Å². The minimum atomic E-state index is -0.812. The smallest absolute Gasteiger partial charge is 0.0982 e. The monoisotopic (exact) mass is 322 g/mol. The van der Waals surface area contributed by atoms with Crippen LogP contribution in [0.1, 0.15) is 58.8 Å². The molecular formula is C20H34O3. The van der Waals surface area contributed by atoms with Crippen LogP contribution >= 0.6 is 0 Å². The van der Waals surface area contributed by atoms with Crippen LogP contribution in [-0.4, -0.2) is 33.6 Å². The topological polar surface area (TPSA) is 60.7 Å². The predicted molar refractivity (Wildman–Crippen MR) is 98.2 cm³/mol. The highest BCUT2D eigenvalue weighted by Crippen LogP contribution is 2.06. The third kappa shape index (κ3) is 14.2. The molecule has 0 radical (unpaired) electrons. The molecule has 23 heavy (non-hydrogen) atoms. The third-order valence-corrected chi connectivity index (χ3v) is 3.55. The normalized spacial score (nSPS) is 16.9. The Morgan fingerprint density at radius 3 is 1.83 bits per heavy atom. The number of aliphatic hydroxyl groups is 3. The summed E-state index contributed by atoms with van der Waals surface area (Å²) in [7, 11) is 0. The maximum atomic E-state index is 9.71. The summed E-state index contributed by atoms with van der Waals surface area (Å²) in [5.41, 5.74) is 0. The maximum absolute atomic E-state index is 9.71. The second-order valence-electron chi connectivity index (χ2n) is 5.80. The van der Waals surface area contributed by atoms with Crippen molar-refractivity contribution in [3.05, 3.63) is 48.6 Å². The fraction of sp³-hybridized carbons (Fsp3) is 0.600. The number of rotatable bonds is 13. The average Bonchev–Trinajstić information content (AvgIpc) is 2.54. The van der Waals surface area contributed by atoms with Crippen LogP contribution in [0.25, 0.3) is 0 Å². The fourth-order valence-electron chi connectivity index (χ4n) is 2.04. The molecule has 0 spiro atoms. The molecule has 0 rings (SSSR count). The van der Waals surface area contributed by atoms with Gasteiger partial charge in [-0.2, -0.15) is 0 Å². The molecule has 0 aliphatic rings. The molecule has 3 atom stereocenters. The maximum Gasteiger partial charge on any atom is 0.0982 e. The van der Waals surface area contributed by atoms with Gasteiger partial charge >= 0.3 is 0 Å². The fourth-order valence-corrected chi connectivity index (χ4v) is 2.04. The van der Waals surface area contributed by atoms with Gasteiger partial charge in [0, 0.05) is 0 Å². The predicted octanol–water partition coefficient (Wildman–Crippen LogP) is 4.06. The zero-order valence-electron chi connectivity index (χ0n) is 14.6. The number of allylic oxidation sites excluding steroid dienone is 6. The molecule has 0 fully saturated rings. The van der Waals surface area contributed by atoms with Crippen LogP contribution in [0.15, 0.2) is 48.6 Å². The SMILES string of the molecule is CCCCC[C@@H](O)/C=C/C=C\C=C\C=C\[C@@H](O)[C@@H](O)CCCC. The number of unbranched alkanes of at least 4 members (excludes halogenated alkanes) is 3. The van der Waals surface area contributed by atoms with Crippen molar-refractivity contribution in [3.8, 4) is 0 Å². The van der Waals surface area contributed by atoms with Crippen LogP contribution in [0.5, 0.6) is 0 Å². The molecule has 0 unspecified atom stereocenters. The number of hydrogen-bond donors (Lipinski definition) is 3. The lowest BCUT2D eigenvalue weighted by Gasteiger charge is -2.13. The summed E-state index contributed by atoms with van der Waals surface area (Å²) in [6.45, 7) is 4.21. The molecule has 3 heteroatoms. The lowest BCUT2D eigenvalue weighted by molar-refractivity contribution is 0.0418. The van der Waals surface area contributed by atoms with Gasteiger partial charge in [0.1, 0.15) is 0 Å². The summed E-state index contributed by atoms with van der Waals surface area (Å²) in [6.07, 6.45) is 19.2. The summed E-state index contributed by atoms with van der Waals surface area (Å²) < 4.78 is 0. The highest BCUT2D eigenvalue weighted by molar-refractivity contribution is 5.16. The minimum absolute atomic E-state index is 0.366. The molecule has 0 aromatic carbocycles. The quantitative estimate of drug-likeness (QED) is 0.354. The summed E-state index contributed by atoms with van der Waals surface area (Å²) in [4.78, 5) is 0. The van der Waals surface area contributed by atoms with Crippen molar-refractivity contribution in [1.29, 1.82) is 0 Å². The van der Waals surface area contributed by atoms with Crippen LogP contribution < -0.4 is 0 Å². The highest BCUT2D eigenvalue weighted by Gasteiger charge is 2.11. The molecular weight excluding hydrogens is 288 g/mol. The molecule has 3 nitrogen and oxygen atoms in total. The van der Waals surface area contributed by atoms with E-state index < -0.39 is 12.2 Å². The zero-order valence-corrected chi connectivity index (χ0v) is 14.6. The Bertz CT molecular complexity index is 369. The van der Waals surface area contributed by atoms with Crippen LogP contribution in [0, 0.1) is 0 Å². The van der Waals surface area contributed by atoms with Crippen molar-refractivity contribution in [3.63, 3.8) is 0 Å². The van der Waals surface area contributed by atoms with E-state index in [-0.39, 0.29) is 6.10 Å². The highest BCUT2D eigenvalue weighted by atomic mass is 16.3. The summed E-state index contributed by atoms with van der Waals surface area (Å²) >= 11 is 0. The van der Waals surface area contributed by atoms with Gasteiger partial charge in [0.15, 0.2) is 0 Å². The first-order valence-electron chi connectivity index (χ1n) is 8.84. The summed E-state index contributed by atoms with van der Waals surface area (Å²) in [6, 6.07) is 0. The van der Waals surface area contributed by atoms with Crippen LogP contribution in [-0.2, 0) is 0 Å². The Balaban J connectivity index is 3.93. The first-order chi connectivity index (χ1) is 11.1. The van der Waals surface area contributed by atoms with E-state index in [2.05, 4.69) is 13.8 Å². The van der Waals surface area contributed by atoms with E-state index in [9.17, 15) is 15.3 Å². The molecule has 0 bridgehead atoms. The molecule has 0 amide bonds. The second kappa shape index (κ2) is 15.7. The first-order valence-corrected chi connectivity index (χ1v) is 8.84. The van der Waals surface area contributed by atoms with Gasteiger partial charge in [-0.25, -0.2) is 0 Å². The molecule has 0 aliphatic heterocycles. The molecule has 0 saturated heterocycles. The van der Waals surface area contributed by atoms with Gasteiger partial charge in [0.05, 0.1) is 18.3 Å². The van der Waals surface area contributed by atoms with Gasteiger partial charge in [0.25, 0.3) is 0 Å². The van der Waals surface area contributed by atoms with Crippen molar-refractivity contribution in [2.75, 3.05) is 0 Å². The Morgan fingerprint density at radius 2 is 1.22 bits per heavy atom. The Labute approximate surface area is 141 Å². The minimum Gasteiger partial charge on any atom is -0.390 e. The summed E-state index contributed by atoms with van der Waals surface area (Å²) in [5, 5.41) is 29.1. The molecule has 0 aliphatic carbocycles. The molecule has 132 valence electrons. The molecule has 0 heterocycles. The summed E-state index contributed by atoms with van der Waals surface area (Å²) in [5.74, 6) is 0. The van der Waals surface area contributed by atoms with E-state index in [1.807, 2.05) is 24.3 Å². The number of aliphatic hydroxyl groups excluding tert-OH is 3. The lowest BCUT2D eigenvalue weighted by Crippen LogP contribution is -2.23. The lowest BCUT2D eigenvalue weighted by atomic mass is 10.1. The largest absolute Gasteiger partial charge is 0.390 e. The van der Waals surface area contributed by atoms with Crippen LogP contribution in [0.3, 0.4) is 0 Å². The van der Waals surface area contributed by atoms with Crippen molar-refractivity contribution in [2.24, 2.45) is 0 Å². The second-order valence-corrected chi connectivity index (χ2v) is 5.80. The van der Waals surface area contributed by atoms with Gasteiger partial charge < -0.3 is 15.3 Å². The Hall–Kier alpha value is -1.16. The first kappa shape index (κ1) is 21.8. The van der Waals surface area contributed by atoms with Gasteiger partial charge in [-0.1, -0.05) is 94.6 Å². The number of hydrogen-bond acceptors (Lipinski definition) is 3. The average molecular weight is 322 g/mol. The van der Waals surface area contributed by atoms with E-state index in [0.717, 1.165) is 32.1 Å². The van der Waals surface area contributed by atoms with Gasteiger partial charge in [0.2, 0.25) is 0 Å². The van der Waals surface area contributed by atoms with Gasteiger partial charge in [-0.3, -0.25) is 0 Å². The van der Waals surface area contributed by atoms with Gasteiger partial charge in [-0.15, -0.1) is 0 Å². The van der Waals surface area contributed by atoms with Crippen LogP contribution in [0.4, 0.5) is 0 Å². The molecule has 0 aromatic rings. The van der Waals surface area contributed by atoms with Crippen molar-refractivity contribution >= 4 is 0 Å². The van der Waals surface area contributed by atoms with Gasteiger partial charge in [-0.05, 0) is 12.8 Å². The molecule has 0 saturated carbocycles. The third-order valence-electron chi connectivity index (χ3n) is 3.55. The van der Waals surface area contributed by atoms with Crippen molar-refractivity contribution < 1.29 is 15.3 Å². The van der Waals surface area contributed by atoms with E-state index in [1.54, 1.807) is 24.3 Å². The molecule has 3 N–H and O–H groups in total. The molecule has 0 aromatic heterocycles. The van der Waals surface area contributed by atoms with Crippen molar-refractivity contribution in [1.82, 2.24) is 0 Å². The zero-order chi connectivity index (χ0) is 17.3. The van der Waals surface area contributed by atoms with E-state index >= 15 is 0 Å². The van der Waals surface area contributed by atoms with E-state index in [0.29, 0.717) is 6.42 Å². The Morgan fingerprint density at radius 1 is 0.652 bits per heavy atom. The standard InChI is InChI=1S/C20H34O3/c1-3-5-11-14-18(21)15-12-9-7-8-10-13-17-20(23)19(22)16-6-4-2/h7-10,12-13,15,17-23H,3-6,11,14,16H2,1-2H3/b9-7-,10-8+,15-12+,17-13+/t18-,19+,20-/m1/s1. The Kier molecular flexibility index (Phi) is 14.9. The van der Waals surface area contributed by atoms with Crippen LogP contribution in [0.2, 0.25) is 0 Å².